The number of esters is 4. The first kappa shape index (κ1) is 103. The number of unbranched alkanes of at least 4 members (excludes halogenated alkanes) is 55. The van der Waals surface area contributed by atoms with Crippen LogP contribution in [-0.2, 0) is 65.4 Å². The normalized spacial score (nSPS) is 13.8. The van der Waals surface area contributed by atoms with Crippen LogP contribution >= 0.6 is 15.6 Å². The van der Waals surface area contributed by atoms with Gasteiger partial charge in [-0.05, 0) is 37.5 Å². The van der Waals surface area contributed by atoms with Crippen LogP contribution in [0.1, 0.15) is 459 Å². The van der Waals surface area contributed by atoms with Crippen LogP contribution in [0.3, 0.4) is 0 Å². The molecule has 3 N–H and O–H groups in total. The summed E-state index contributed by atoms with van der Waals surface area (Å²) in [5.74, 6) is -0.514. The molecule has 0 aliphatic rings. The number of phosphoric ester groups is 2. The summed E-state index contributed by atoms with van der Waals surface area (Å²) in [5.41, 5.74) is 0. The second-order valence-electron chi connectivity index (χ2n) is 31.9. The molecule has 19 heteroatoms. The molecule has 105 heavy (non-hydrogen) atoms. The Morgan fingerprint density at radius 1 is 0.257 bits per heavy atom. The molecule has 0 aromatic rings. The lowest BCUT2D eigenvalue weighted by molar-refractivity contribution is -0.161. The fourth-order valence-corrected chi connectivity index (χ4v) is 15.0. The van der Waals surface area contributed by atoms with Crippen molar-refractivity contribution < 1.29 is 80.2 Å². The predicted octanol–water partition coefficient (Wildman–Crippen LogP) is 26.2. The molecule has 0 saturated carbocycles. The lowest BCUT2D eigenvalue weighted by Gasteiger charge is -2.21. The molecule has 17 nitrogen and oxygen atoms in total. The molecule has 0 heterocycles. The fourth-order valence-electron chi connectivity index (χ4n) is 13.4. The van der Waals surface area contributed by atoms with Gasteiger partial charge in [-0.25, -0.2) is 9.13 Å². The molecule has 5 atom stereocenters. The van der Waals surface area contributed by atoms with Gasteiger partial charge in [-0.15, -0.1) is 0 Å². The number of carbonyl (C=O) groups excluding carboxylic acids is 4. The summed E-state index contributed by atoms with van der Waals surface area (Å²) in [6, 6.07) is 0. The van der Waals surface area contributed by atoms with E-state index in [0.717, 1.165) is 102 Å². The van der Waals surface area contributed by atoms with E-state index in [4.69, 9.17) is 37.0 Å². The first-order valence-corrected chi connectivity index (χ1v) is 47.5. The molecular weight excluding hydrogens is 1370 g/mol. The van der Waals surface area contributed by atoms with Crippen molar-refractivity contribution in [3.05, 3.63) is 0 Å². The minimum atomic E-state index is -4.97. The van der Waals surface area contributed by atoms with Crippen molar-refractivity contribution in [1.29, 1.82) is 0 Å². The van der Waals surface area contributed by atoms with Crippen LogP contribution < -0.4 is 0 Å². The Labute approximate surface area is 645 Å². The second kappa shape index (κ2) is 77.4. The van der Waals surface area contributed by atoms with E-state index in [1.165, 1.54) is 276 Å². The highest BCUT2D eigenvalue weighted by atomic mass is 31.2. The highest BCUT2D eigenvalue weighted by Gasteiger charge is 2.30. The van der Waals surface area contributed by atoms with Gasteiger partial charge in [0.2, 0.25) is 0 Å². The smallest absolute Gasteiger partial charge is 0.462 e. The third-order valence-electron chi connectivity index (χ3n) is 20.2. The molecule has 0 rings (SSSR count). The van der Waals surface area contributed by atoms with Crippen LogP contribution in [0.15, 0.2) is 0 Å². The van der Waals surface area contributed by atoms with E-state index in [0.29, 0.717) is 25.7 Å². The SMILES string of the molecule is CCCCCCCCCCCCCCCCCCCCCCC(=O)O[C@H](COC(=O)CCCCCCCCCCCCCCCCC(C)C)COP(=O)(O)OC[C@@H](O)COP(=O)(O)OC[C@@H](COC(=O)CCCCCCCCCCCCCC)OC(=O)CCCCCCCCCCCCCCCC(C)C. The van der Waals surface area contributed by atoms with Gasteiger partial charge in [-0.1, -0.05) is 408 Å². The number of aliphatic hydroxyl groups is 1. The van der Waals surface area contributed by atoms with Crippen molar-refractivity contribution in [3.8, 4) is 0 Å². The standard InChI is InChI=1S/C86H168O17P2/c1-7-9-11-13-15-17-19-21-22-23-24-25-26-27-34-40-46-52-58-64-70-85(90)102-82(75-97-84(89)69-63-57-51-45-39-33-29-28-31-36-42-48-54-60-66-78(3)4)77-101-105(94,95)99-73-80(87)72-98-104(92,93)100-76-81(74-96-83(88)68-62-56-50-44-38-20-18-16-14-12-10-8-2)103-86(91)71-65-59-53-47-41-35-30-32-37-43-49-55-61-67-79(5)6/h78-82,87H,7-77H2,1-6H3,(H,92,93)(H,94,95)/t80-,81+,82+/m0/s1. The van der Waals surface area contributed by atoms with Gasteiger partial charge in [0.15, 0.2) is 12.2 Å². The Bertz CT molecular complexity index is 2010. The predicted molar refractivity (Wildman–Crippen MR) is 432 cm³/mol. The third-order valence-corrected chi connectivity index (χ3v) is 22.1. The highest BCUT2D eigenvalue weighted by Crippen LogP contribution is 2.45. The molecule has 0 aromatic carbocycles. The Balaban J connectivity index is 5.25. The van der Waals surface area contributed by atoms with Crippen molar-refractivity contribution in [2.45, 2.75) is 477 Å². The molecule has 0 aromatic heterocycles. The Morgan fingerprint density at radius 3 is 0.648 bits per heavy atom. The number of carbonyl (C=O) groups is 4. The number of hydrogen-bond acceptors (Lipinski definition) is 15. The fraction of sp³-hybridized carbons (Fsp3) is 0.953. The van der Waals surface area contributed by atoms with Crippen LogP contribution in [0.5, 0.6) is 0 Å². The van der Waals surface area contributed by atoms with Gasteiger partial charge in [0.1, 0.15) is 19.3 Å². The largest absolute Gasteiger partial charge is 0.472 e. The minimum Gasteiger partial charge on any atom is -0.462 e. The number of hydrogen-bond donors (Lipinski definition) is 3. The van der Waals surface area contributed by atoms with Gasteiger partial charge < -0.3 is 33.8 Å². The van der Waals surface area contributed by atoms with E-state index in [1.54, 1.807) is 0 Å². The van der Waals surface area contributed by atoms with Crippen LogP contribution in [0.4, 0.5) is 0 Å². The Hall–Kier alpha value is -1.94. The summed E-state index contributed by atoms with van der Waals surface area (Å²) in [6.07, 6.45) is 69.3. The van der Waals surface area contributed by atoms with Gasteiger partial charge in [-0.3, -0.25) is 37.3 Å². The molecular formula is C86H168O17P2. The van der Waals surface area contributed by atoms with Crippen LogP contribution in [0, 0.1) is 11.8 Å². The van der Waals surface area contributed by atoms with Crippen LogP contribution in [0.25, 0.3) is 0 Å². The van der Waals surface area contributed by atoms with Gasteiger partial charge in [0.05, 0.1) is 26.4 Å². The number of rotatable bonds is 85. The zero-order valence-electron chi connectivity index (χ0n) is 69.0. The molecule has 624 valence electrons. The molecule has 0 aliphatic carbocycles. The number of ether oxygens (including phenoxy) is 4. The number of aliphatic hydroxyl groups excluding tert-OH is 1. The molecule has 0 saturated heterocycles. The topological polar surface area (TPSA) is 237 Å². The third kappa shape index (κ3) is 79.9. The van der Waals surface area contributed by atoms with Crippen molar-refractivity contribution >= 4 is 39.5 Å². The van der Waals surface area contributed by atoms with Crippen LogP contribution in [0.2, 0.25) is 0 Å². The lowest BCUT2D eigenvalue weighted by atomic mass is 10.0. The minimum absolute atomic E-state index is 0.108. The maximum atomic E-state index is 13.1. The van der Waals surface area contributed by atoms with Crippen molar-refractivity contribution in [3.63, 3.8) is 0 Å². The summed E-state index contributed by atoms with van der Waals surface area (Å²) in [4.78, 5) is 73.3. The second-order valence-corrected chi connectivity index (χ2v) is 34.8. The maximum absolute atomic E-state index is 13.1. The van der Waals surface area contributed by atoms with Crippen LogP contribution in [-0.4, -0.2) is 96.7 Å². The average molecular weight is 1540 g/mol. The molecule has 0 fully saturated rings. The molecule has 0 amide bonds. The molecule has 0 aliphatic heterocycles. The van der Waals surface area contributed by atoms with Gasteiger partial charge in [0.25, 0.3) is 0 Å². The Kier molecular flexibility index (Phi) is 76.0. The van der Waals surface area contributed by atoms with Gasteiger partial charge in [0, 0.05) is 25.7 Å². The van der Waals surface area contributed by atoms with E-state index in [9.17, 15) is 43.2 Å². The highest BCUT2D eigenvalue weighted by molar-refractivity contribution is 7.47. The summed E-state index contributed by atoms with van der Waals surface area (Å²) >= 11 is 0. The van der Waals surface area contributed by atoms with E-state index in [-0.39, 0.29) is 25.7 Å². The number of phosphoric acid groups is 2. The summed E-state index contributed by atoms with van der Waals surface area (Å²) < 4.78 is 68.9. The van der Waals surface area contributed by atoms with Crippen molar-refractivity contribution in [2.75, 3.05) is 39.6 Å². The molecule has 2 unspecified atom stereocenters. The molecule has 0 spiro atoms. The quantitative estimate of drug-likeness (QED) is 0.0222. The van der Waals surface area contributed by atoms with E-state index >= 15 is 0 Å². The van der Waals surface area contributed by atoms with Gasteiger partial charge >= 0.3 is 39.5 Å². The van der Waals surface area contributed by atoms with Gasteiger partial charge in [-0.2, -0.15) is 0 Å². The zero-order chi connectivity index (χ0) is 77.1. The maximum Gasteiger partial charge on any atom is 0.472 e. The summed E-state index contributed by atoms with van der Waals surface area (Å²) in [7, 11) is -9.93. The van der Waals surface area contributed by atoms with E-state index in [1.807, 2.05) is 0 Å². The van der Waals surface area contributed by atoms with E-state index in [2.05, 4.69) is 41.5 Å². The monoisotopic (exact) mass is 1540 g/mol. The Morgan fingerprint density at radius 2 is 0.438 bits per heavy atom. The lowest BCUT2D eigenvalue weighted by Crippen LogP contribution is -2.30. The molecule has 0 radical (unpaired) electrons. The zero-order valence-corrected chi connectivity index (χ0v) is 70.8. The summed E-state index contributed by atoms with van der Waals surface area (Å²) in [6.45, 7) is 9.71. The van der Waals surface area contributed by atoms with Crippen molar-refractivity contribution in [2.24, 2.45) is 11.8 Å². The first-order chi connectivity index (χ1) is 50.9. The van der Waals surface area contributed by atoms with Crippen molar-refractivity contribution in [1.82, 2.24) is 0 Å². The first-order valence-electron chi connectivity index (χ1n) is 44.5. The molecule has 0 bridgehead atoms. The summed E-state index contributed by atoms with van der Waals surface area (Å²) in [5, 5.41) is 10.7. The average Bonchev–Trinajstić information content (AvgIpc) is 0.913. The van der Waals surface area contributed by atoms with E-state index < -0.39 is 97.5 Å².